The maximum Gasteiger partial charge on any atom is 0.325 e. The average Bonchev–Trinajstić information content (AvgIpc) is 2.54. The van der Waals surface area contributed by atoms with Crippen molar-refractivity contribution in [2.24, 2.45) is 5.92 Å². The monoisotopic (exact) mass is 285 g/mol. The van der Waals surface area contributed by atoms with Crippen molar-refractivity contribution in [2.75, 3.05) is 13.1 Å². The molecule has 8 nitrogen and oxygen atoms in total. The number of carboxylic acids is 1. The highest BCUT2D eigenvalue weighted by Crippen LogP contribution is 2.08. The lowest BCUT2D eigenvalue weighted by molar-refractivity contribution is -0.137. The molecule has 0 aromatic carbocycles. The lowest BCUT2D eigenvalue weighted by atomic mass is 10.0. The maximum atomic E-state index is 11.8. The summed E-state index contributed by atoms with van der Waals surface area (Å²) in [5.74, 6) is -1.69. The number of rotatable bonds is 7. The third-order valence-electron chi connectivity index (χ3n) is 2.74. The van der Waals surface area contributed by atoms with Crippen LogP contribution in [0.5, 0.6) is 0 Å². The molecule has 1 heterocycles. The van der Waals surface area contributed by atoms with Gasteiger partial charge in [0.25, 0.3) is 0 Å². The number of carbonyl (C=O) groups excluding carboxylic acids is 3. The van der Waals surface area contributed by atoms with E-state index in [0.717, 1.165) is 4.90 Å². The van der Waals surface area contributed by atoms with Gasteiger partial charge in [-0.05, 0) is 12.3 Å². The standard InChI is InChI=1S/C12H19N3O5/c1-7(2)3-8(4-11(18)19)13-9(16)5-15-6-10(17)14-12(15)20/h7-8H,3-6H2,1-2H3,(H,13,16)(H,18,19)(H,14,17,20). The Morgan fingerprint density at radius 3 is 2.50 bits per heavy atom. The third-order valence-corrected chi connectivity index (χ3v) is 2.74. The predicted molar refractivity (Wildman–Crippen MR) is 68.8 cm³/mol. The molecule has 1 rings (SSSR count). The summed E-state index contributed by atoms with van der Waals surface area (Å²) in [6, 6.07) is -1.09. The summed E-state index contributed by atoms with van der Waals surface area (Å²) in [6.07, 6.45) is 0.359. The van der Waals surface area contributed by atoms with E-state index in [9.17, 15) is 19.2 Å². The molecule has 0 bridgehead atoms. The minimum absolute atomic E-state index is 0.153. The quantitative estimate of drug-likeness (QED) is 0.548. The van der Waals surface area contributed by atoms with Gasteiger partial charge in [-0.1, -0.05) is 13.8 Å². The Balaban J connectivity index is 2.50. The van der Waals surface area contributed by atoms with E-state index in [-0.39, 0.29) is 25.4 Å². The summed E-state index contributed by atoms with van der Waals surface area (Å²) in [5.41, 5.74) is 0. The molecule has 4 amide bonds. The highest BCUT2D eigenvalue weighted by Gasteiger charge is 2.29. The van der Waals surface area contributed by atoms with Gasteiger partial charge in [-0.2, -0.15) is 0 Å². The van der Waals surface area contributed by atoms with Crippen molar-refractivity contribution in [1.29, 1.82) is 0 Å². The van der Waals surface area contributed by atoms with Gasteiger partial charge in [0.2, 0.25) is 11.8 Å². The molecular formula is C12H19N3O5. The van der Waals surface area contributed by atoms with Crippen LogP contribution >= 0.6 is 0 Å². The van der Waals surface area contributed by atoms with Crippen LogP contribution in [-0.2, 0) is 14.4 Å². The molecule has 1 fully saturated rings. The largest absolute Gasteiger partial charge is 0.481 e. The number of amides is 4. The number of nitrogens with zero attached hydrogens (tertiary/aromatic N) is 1. The van der Waals surface area contributed by atoms with E-state index in [2.05, 4.69) is 10.6 Å². The molecule has 1 atom stereocenters. The second-order valence-electron chi connectivity index (χ2n) is 5.20. The highest BCUT2D eigenvalue weighted by atomic mass is 16.4. The van der Waals surface area contributed by atoms with Crippen molar-refractivity contribution in [3.05, 3.63) is 0 Å². The molecule has 3 N–H and O–H groups in total. The Morgan fingerprint density at radius 1 is 1.40 bits per heavy atom. The van der Waals surface area contributed by atoms with Crippen LogP contribution in [0.3, 0.4) is 0 Å². The summed E-state index contributed by atoms with van der Waals surface area (Å²) in [4.78, 5) is 45.9. The van der Waals surface area contributed by atoms with E-state index < -0.39 is 29.9 Å². The number of hydrogen-bond donors (Lipinski definition) is 3. The zero-order chi connectivity index (χ0) is 15.3. The minimum Gasteiger partial charge on any atom is -0.481 e. The summed E-state index contributed by atoms with van der Waals surface area (Å²) in [6.45, 7) is 3.44. The van der Waals surface area contributed by atoms with Gasteiger partial charge in [0.15, 0.2) is 0 Å². The highest BCUT2D eigenvalue weighted by molar-refractivity contribution is 6.03. The van der Waals surface area contributed by atoms with Crippen LogP contribution < -0.4 is 10.6 Å². The number of nitrogens with one attached hydrogen (secondary N) is 2. The molecule has 0 aromatic rings. The Morgan fingerprint density at radius 2 is 2.05 bits per heavy atom. The van der Waals surface area contributed by atoms with E-state index in [1.807, 2.05) is 13.8 Å². The number of urea groups is 1. The van der Waals surface area contributed by atoms with E-state index in [1.165, 1.54) is 0 Å². The van der Waals surface area contributed by atoms with Crippen molar-refractivity contribution in [3.63, 3.8) is 0 Å². The zero-order valence-corrected chi connectivity index (χ0v) is 11.5. The number of carboxylic acid groups (broad SMARTS) is 1. The SMILES string of the molecule is CC(C)CC(CC(=O)O)NC(=O)CN1CC(=O)NC1=O. The van der Waals surface area contributed by atoms with Crippen LogP contribution in [0.15, 0.2) is 0 Å². The van der Waals surface area contributed by atoms with Crippen molar-refractivity contribution in [3.8, 4) is 0 Å². The number of imide groups is 1. The molecule has 112 valence electrons. The molecule has 0 aromatic heterocycles. The Hall–Kier alpha value is -2.12. The lowest BCUT2D eigenvalue weighted by Gasteiger charge is -2.20. The molecule has 20 heavy (non-hydrogen) atoms. The first-order valence-corrected chi connectivity index (χ1v) is 6.37. The van der Waals surface area contributed by atoms with E-state index in [0.29, 0.717) is 6.42 Å². The van der Waals surface area contributed by atoms with Crippen molar-refractivity contribution in [1.82, 2.24) is 15.5 Å². The molecule has 1 unspecified atom stereocenters. The topological polar surface area (TPSA) is 116 Å². The predicted octanol–water partition coefficient (Wildman–Crippen LogP) is -0.456. The zero-order valence-electron chi connectivity index (χ0n) is 11.5. The molecule has 1 saturated heterocycles. The minimum atomic E-state index is -0.995. The summed E-state index contributed by atoms with van der Waals surface area (Å²) >= 11 is 0. The molecular weight excluding hydrogens is 266 g/mol. The molecule has 8 heteroatoms. The fourth-order valence-corrected chi connectivity index (χ4v) is 2.03. The average molecular weight is 285 g/mol. The van der Waals surface area contributed by atoms with Crippen LogP contribution in [0.4, 0.5) is 4.79 Å². The van der Waals surface area contributed by atoms with Gasteiger partial charge < -0.3 is 15.3 Å². The van der Waals surface area contributed by atoms with Crippen molar-refractivity contribution in [2.45, 2.75) is 32.7 Å². The first-order valence-electron chi connectivity index (χ1n) is 6.37. The maximum absolute atomic E-state index is 11.8. The Kier molecular flexibility index (Phi) is 5.48. The normalized spacial score (nSPS) is 16.2. The van der Waals surface area contributed by atoms with Gasteiger partial charge in [-0.15, -0.1) is 0 Å². The number of aliphatic carboxylic acids is 1. The Labute approximate surface area is 116 Å². The van der Waals surface area contributed by atoms with Crippen LogP contribution in [0, 0.1) is 5.92 Å². The van der Waals surface area contributed by atoms with Gasteiger partial charge in [-0.25, -0.2) is 4.79 Å². The summed E-state index contributed by atoms with van der Waals surface area (Å²) < 4.78 is 0. The van der Waals surface area contributed by atoms with Gasteiger partial charge in [-0.3, -0.25) is 19.7 Å². The number of carbonyl (C=O) groups is 4. The van der Waals surface area contributed by atoms with Crippen molar-refractivity contribution >= 4 is 23.8 Å². The first-order chi connectivity index (χ1) is 9.27. The van der Waals surface area contributed by atoms with Crippen LogP contribution in [0.2, 0.25) is 0 Å². The fourth-order valence-electron chi connectivity index (χ4n) is 2.03. The van der Waals surface area contributed by atoms with Gasteiger partial charge in [0, 0.05) is 6.04 Å². The molecule has 0 saturated carbocycles. The molecule has 1 aliphatic rings. The van der Waals surface area contributed by atoms with Crippen LogP contribution in [0.25, 0.3) is 0 Å². The van der Waals surface area contributed by atoms with Crippen LogP contribution in [0.1, 0.15) is 26.7 Å². The molecule has 0 radical (unpaired) electrons. The Bertz CT molecular complexity index is 421. The molecule has 0 aliphatic carbocycles. The van der Waals surface area contributed by atoms with Crippen molar-refractivity contribution < 1.29 is 24.3 Å². The van der Waals surface area contributed by atoms with Gasteiger partial charge in [0.05, 0.1) is 6.42 Å². The summed E-state index contributed by atoms with van der Waals surface area (Å²) in [5, 5.41) is 13.5. The smallest absolute Gasteiger partial charge is 0.325 e. The second-order valence-corrected chi connectivity index (χ2v) is 5.20. The van der Waals surface area contributed by atoms with Crippen LogP contribution in [-0.4, -0.2) is 53.0 Å². The van der Waals surface area contributed by atoms with E-state index >= 15 is 0 Å². The molecule has 0 spiro atoms. The van der Waals surface area contributed by atoms with E-state index in [1.54, 1.807) is 0 Å². The number of hydrogen-bond acceptors (Lipinski definition) is 4. The third kappa shape index (κ3) is 5.25. The second kappa shape index (κ2) is 6.88. The first kappa shape index (κ1) is 15.9. The van der Waals surface area contributed by atoms with Gasteiger partial charge in [0.1, 0.15) is 13.1 Å². The summed E-state index contributed by atoms with van der Waals surface area (Å²) in [7, 11) is 0. The lowest BCUT2D eigenvalue weighted by Crippen LogP contribution is -2.44. The van der Waals surface area contributed by atoms with Gasteiger partial charge >= 0.3 is 12.0 Å². The molecule has 1 aliphatic heterocycles. The fraction of sp³-hybridized carbons (Fsp3) is 0.667. The van der Waals surface area contributed by atoms with E-state index in [4.69, 9.17) is 5.11 Å².